The van der Waals surface area contributed by atoms with Gasteiger partial charge in [0.15, 0.2) is 0 Å². The summed E-state index contributed by atoms with van der Waals surface area (Å²) in [7, 11) is -2.95. The molecule has 5 rings (SSSR count). The number of methoxy groups -OCH3 is 1. The van der Waals surface area contributed by atoms with Gasteiger partial charge < -0.3 is 15.0 Å². The molecule has 0 spiro atoms. The molecule has 0 saturated heterocycles. The highest BCUT2D eigenvalue weighted by Gasteiger charge is 2.36. The van der Waals surface area contributed by atoms with Crippen molar-refractivity contribution >= 4 is 62.3 Å². The van der Waals surface area contributed by atoms with E-state index < -0.39 is 28.5 Å². The van der Waals surface area contributed by atoms with Gasteiger partial charge in [0.05, 0.1) is 17.7 Å². The highest BCUT2D eigenvalue weighted by Crippen LogP contribution is 2.35. The van der Waals surface area contributed by atoms with Gasteiger partial charge in [-0.05, 0) is 73.4 Å². The van der Waals surface area contributed by atoms with E-state index in [1.807, 2.05) is 37.3 Å². The molecule has 1 aliphatic rings. The first kappa shape index (κ1) is 36.5. The maximum atomic E-state index is 14.8. The van der Waals surface area contributed by atoms with Gasteiger partial charge in [-0.3, -0.25) is 13.9 Å². The van der Waals surface area contributed by atoms with E-state index in [4.69, 9.17) is 39.5 Å². The second-order valence-electron chi connectivity index (χ2n) is 12.1. The standard InChI is InChI=1S/C37H38Cl3N3O5S/c1-25-12-17-31(18-13-25)49(46,47)43(33-22-29(39)16-19-35(33)48-2)24-36(44)42(23-27-14-15-28(38)21-32(27)40)34(20-26-8-4-3-5-9-26)37(45)41-30-10-6-7-11-30/h3-5,8-9,12-19,21-22,30,34H,6-7,10-11,20,23-24H2,1-2H3,(H,41,45)/t34-/m0/s1. The van der Waals surface area contributed by atoms with Crippen molar-refractivity contribution in [1.82, 2.24) is 10.2 Å². The Balaban J connectivity index is 1.62. The minimum Gasteiger partial charge on any atom is -0.495 e. The van der Waals surface area contributed by atoms with Crippen molar-refractivity contribution in [2.24, 2.45) is 0 Å². The van der Waals surface area contributed by atoms with Crippen molar-refractivity contribution in [2.45, 2.75) is 62.6 Å². The lowest BCUT2D eigenvalue weighted by Gasteiger charge is -2.34. The van der Waals surface area contributed by atoms with Gasteiger partial charge in [-0.2, -0.15) is 0 Å². The number of aryl methyl sites for hydroxylation is 1. The molecule has 0 aliphatic heterocycles. The molecule has 4 aromatic rings. The molecular weight excluding hydrogens is 705 g/mol. The molecule has 4 aromatic carbocycles. The van der Waals surface area contributed by atoms with Crippen molar-refractivity contribution in [3.8, 4) is 5.75 Å². The van der Waals surface area contributed by atoms with Crippen LogP contribution in [-0.4, -0.2) is 50.9 Å². The predicted molar refractivity (Wildman–Crippen MR) is 195 cm³/mol. The molecule has 1 saturated carbocycles. The molecule has 0 heterocycles. The molecule has 0 aromatic heterocycles. The second-order valence-corrected chi connectivity index (χ2v) is 15.2. The number of nitrogens with one attached hydrogen (secondary N) is 1. The maximum Gasteiger partial charge on any atom is 0.264 e. The third-order valence-electron chi connectivity index (χ3n) is 8.63. The Kier molecular flexibility index (Phi) is 12.1. The number of halogens is 3. The van der Waals surface area contributed by atoms with Gasteiger partial charge in [0.1, 0.15) is 18.3 Å². The lowest BCUT2D eigenvalue weighted by atomic mass is 10.0. The summed E-state index contributed by atoms with van der Waals surface area (Å²) in [6.07, 6.45) is 3.88. The zero-order valence-electron chi connectivity index (χ0n) is 27.2. The van der Waals surface area contributed by atoms with Crippen molar-refractivity contribution in [2.75, 3.05) is 18.0 Å². The van der Waals surface area contributed by atoms with E-state index in [1.54, 1.807) is 36.4 Å². The van der Waals surface area contributed by atoms with E-state index in [0.29, 0.717) is 15.6 Å². The quantitative estimate of drug-likeness (QED) is 0.151. The van der Waals surface area contributed by atoms with Crippen LogP contribution in [0.4, 0.5) is 5.69 Å². The van der Waals surface area contributed by atoms with Crippen LogP contribution in [0.3, 0.4) is 0 Å². The topological polar surface area (TPSA) is 96.0 Å². The molecule has 258 valence electrons. The normalized spacial score (nSPS) is 13.9. The average molecular weight is 743 g/mol. The molecule has 2 amide bonds. The fourth-order valence-electron chi connectivity index (χ4n) is 5.96. The third kappa shape index (κ3) is 9.08. The summed E-state index contributed by atoms with van der Waals surface area (Å²) in [6, 6.07) is 24.1. The zero-order valence-corrected chi connectivity index (χ0v) is 30.3. The van der Waals surface area contributed by atoms with Gasteiger partial charge in [0.2, 0.25) is 11.8 Å². The van der Waals surface area contributed by atoms with Crippen LogP contribution in [0.5, 0.6) is 5.75 Å². The molecule has 0 radical (unpaired) electrons. The summed E-state index contributed by atoms with van der Waals surface area (Å²) in [6.45, 7) is 1.09. The lowest BCUT2D eigenvalue weighted by Crippen LogP contribution is -2.54. The number of carbonyl (C=O) groups is 2. The fourth-order valence-corrected chi connectivity index (χ4v) is 8.01. The third-order valence-corrected chi connectivity index (χ3v) is 11.2. The Bertz CT molecular complexity index is 1890. The van der Waals surface area contributed by atoms with Crippen molar-refractivity contribution in [3.63, 3.8) is 0 Å². The van der Waals surface area contributed by atoms with Crippen molar-refractivity contribution in [1.29, 1.82) is 0 Å². The van der Waals surface area contributed by atoms with Gasteiger partial charge in [0.25, 0.3) is 10.0 Å². The predicted octanol–water partition coefficient (Wildman–Crippen LogP) is 7.86. The first-order valence-corrected chi connectivity index (χ1v) is 18.5. The van der Waals surface area contributed by atoms with Crippen LogP contribution in [0.2, 0.25) is 15.1 Å². The van der Waals surface area contributed by atoms with Crippen LogP contribution in [0.1, 0.15) is 42.4 Å². The molecule has 1 fully saturated rings. The lowest BCUT2D eigenvalue weighted by molar-refractivity contribution is -0.140. The Labute approximate surface area is 303 Å². The second kappa shape index (κ2) is 16.3. The number of amides is 2. The fraction of sp³-hybridized carbons (Fsp3) is 0.297. The molecule has 8 nitrogen and oxygen atoms in total. The molecular formula is C37H38Cl3N3O5S. The number of hydrogen-bond acceptors (Lipinski definition) is 5. The van der Waals surface area contributed by atoms with E-state index in [1.165, 1.54) is 36.3 Å². The number of anilines is 1. The number of benzene rings is 4. The van der Waals surface area contributed by atoms with Crippen LogP contribution in [0, 0.1) is 6.92 Å². The number of nitrogens with zero attached hydrogens (tertiary/aromatic N) is 2. The van der Waals surface area contributed by atoms with Crippen molar-refractivity contribution in [3.05, 3.63) is 123 Å². The Morgan fingerprint density at radius 3 is 2.20 bits per heavy atom. The number of carbonyl (C=O) groups excluding carboxylic acids is 2. The SMILES string of the molecule is COc1ccc(Cl)cc1N(CC(=O)N(Cc1ccc(Cl)cc1Cl)[C@@H](Cc1ccccc1)C(=O)NC1CCCC1)S(=O)(=O)c1ccc(C)cc1. The van der Waals surface area contributed by atoms with Gasteiger partial charge in [0, 0.05) is 34.1 Å². The smallest absolute Gasteiger partial charge is 0.264 e. The monoisotopic (exact) mass is 741 g/mol. The Hall–Kier alpha value is -3.76. The molecule has 1 N–H and O–H groups in total. The molecule has 1 atom stereocenters. The minimum atomic E-state index is -4.36. The number of hydrogen-bond donors (Lipinski definition) is 1. The Morgan fingerprint density at radius 2 is 1.55 bits per heavy atom. The molecule has 0 bridgehead atoms. The van der Waals surface area contributed by atoms with E-state index in [0.717, 1.165) is 41.1 Å². The maximum absolute atomic E-state index is 14.8. The Morgan fingerprint density at radius 1 is 0.898 bits per heavy atom. The number of sulfonamides is 1. The molecule has 1 aliphatic carbocycles. The highest BCUT2D eigenvalue weighted by atomic mass is 35.5. The van der Waals surface area contributed by atoms with Gasteiger partial charge >= 0.3 is 0 Å². The van der Waals surface area contributed by atoms with Crippen LogP contribution in [-0.2, 0) is 32.6 Å². The average Bonchev–Trinajstić information content (AvgIpc) is 3.59. The van der Waals surface area contributed by atoms with E-state index in [2.05, 4.69) is 5.32 Å². The van der Waals surface area contributed by atoms with Crippen LogP contribution >= 0.6 is 34.8 Å². The first-order chi connectivity index (χ1) is 23.5. The van der Waals surface area contributed by atoms with E-state index in [-0.39, 0.29) is 46.3 Å². The summed E-state index contributed by atoms with van der Waals surface area (Å²) >= 11 is 19.2. The summed E-state index contributed by atoms with van der Waals surface area (Å²) in [5.74, 6) is -0.770. The summed E-state index contributed by atoms with van der Waals surface area (Å²) < 4.78 is 35.3. The molecule has 49 heavy (non-hydrogen) atoms. The van der Waals surface area contributed by atoms with Crippen molar-refractivity contribution < 1.29 is 22.7 Å². The first-order valence-electron chi connectivity index (χ1n) is 16.0. The zero-order chi connectivity index (χ0) is 35.1. The van der Waals surface area contributed by atoms with Gasteiger partial charge in [-0.25, -0.2) is 8.42 Å². The van der Waals surface area contributed by atoms with Gasteiger partial charge in [-0.15, -0.1) is 0 Å². The van der Waals surface area contributed by atoms with E-state index >= 15 is 0 Å². The molecule has 12 heteroatoms. The minimum absolute atomic E-state index is 0.0176. The summed E-state index contributed by atoms with van der Waals surface area (Å²) in [4.78, 5) is 30.4. The van der Waals surface area contributed by atoms with Crippen LogP contribution in [0.25, 0.3) is 0 Å². The summed E-state index contributed by atoms with van der Waals surface area (Å²) in [5.41, 5.74) is 2.31. The van der Waals surface area contributed by atoms with Crippen LogP contribution in [0.15, 0.2) is 95.9 Å². The van der Waals surface area contributed by atoms with Gasteiger partial charge in [-0.1, -0.05) is 102 Å². The number of rotatable bonds is 13. The van der Waals surface area contributed by atoms with E-state index in [9.17, 15) is 18.0 Å². The summed E-state index contributed by atoms with van der Waals surface area (Å²) in [5, 5.41) is 4.12. The number of ether oxygens (including phenoxy) is 1. The molecule has 0 unspecified atom stereocenters. The van der Waals surface area contributed by atoms with Crippen LogP contribution < -0.4 is 14.4 Å². The highest BCUT2D eigenvalue weighted by molar-refractivity contribution is 7.92. The largest absolute Gasteiger partial charge is 0.495 e.